The van der Waals surface area contributed by atoms with E-state index in [1.54, 1.807) is 43.3 Å². The van der Waals surface area contributed by atoms with Gasteiger partial charge in [0.25, 0.3) is 0 Å². The molecule has 6 heteroatoms. The molecule has 146 valence electrons. The van der Waals surface area contributed by atoms with E-state index in [1.807, 2.05) is 31.2 Å². The molecule has 0 atom stereocenters. The van der Waals surface area contributed by atoms with Crippen molar-refractivity contribution < 1.29 is 23.8 Å². The van der Waals surface area contributed by atoms with E-state index in [2.05, 4.69) is 0 Å². The highest BCUT2D eigenvalue weighted by molar-refractivity contribution is 5.94. The number of aromatic nitrogens is 1. The van der Waals surface area contributed by atoms with Crippen LogP contribution in [0.4, 0.5) is 4.79 Å². The van der Waals surface area contributed by atoms with Crippen molar-refractivity contribution in [1.29, 1.82) is 0 Å². The Kier molecular flexibility index (Phi) is 4.68. The minimum absolute atomic E-state index is 0.108. The summed E-state index contributed by atoms with van der Waals surface area (Å²) in [4.78, 5) is 23.9. The number of carbonyl (C=O) groups excluding carboxylic acids is 1. The fourth-order valence-electron chi connectivity index (χ4n) is 3.41. The molecule has 2 aromatic carbocycles. The van der Waals surface area contributed by atoms with Gasteiger partial charge in [0, 0.05) is 16.6 Å². The minimum Gasteiger partial charge on any atom is -0.481 e. The summed E-state index contributed by atoms with van der Waals surface area (Å²) in [5, 5.41) is 9.84. The number of aryl methyl sites for hydroxylation is 2. The molecule has 2 aromatic heterocycles. The number of hydrogen-bond acceptors (Lipinski definition) is 4. The Morgan fingerprint density at radius 3 is 2.45 bits per heavy atom. The molecule has 0 unspecified atom stereocenters. The smallest absolute Gasteiger partial charge is 0.424 e. The van der Waals surface area contributed by atoms with Gasteiger partial charge in [-0.25, -0.2) is 9.36 Å². The molecule has 0 radical (unpaired) electrons. The molecule has 0 spiro atoms. The monoisotopic (exact) mass is 389 g/mol. The Morgan fingerprint density at radius 2 is 1.79 bits per heavy atom. The van der Waals surface area contributed by atoms with Crippen molar-refractivity contribution in [2.45, 2.75) is 20.3 Å². The van der Waals surface area contributed by atoms with Crippen LogP contribution in [0.2, 0.25) is 0 Å². The predicted octanol–water partition coefficient (Wildman–Crippen LogP) is 5.19. The lowest BCUT2D eigenvalue weighted by Crippen LogP contribution is -2.17. The maximum Gasteiger partial charge on any atom is 0.424 e. The van der Waals surface area contributed by atoms with Gasteiger partial charge < -0.3 is 14.3 Å². The molecule has 0 aliphatic carbocycles. The van der Waals surface area contributed by atoms with Crippen LogP contribution in [0.3, 0.4) is 0 Å². The average Bonchev–Trinajstić information content (AvgIpc) is 3.25. The molecule has 4 aromatic rings. The fourth-order valence-corrected chi connectivity index (χ4v) is 3.41. The van der Waals surface area contributed by atoms with E-state index in [-0.39, 0.29) is 6.42 Å². The fraction of sp³-hybridized carbons (Fsp3) is 0.130. The highest BCUT2D eigenvalue weighted by Gasteiger charge is 2.17. The molecule has 0 fully saturated rings. The Morgan fingerprint density at radius 1 is 1.03 bits per heavy atom. The maximum atomic E-state index is 12.8. The summed E-state index contributed by atoms with van der Waals surface area (Å²) in [5.74, 6) is 1.06. The number of ether oxygens (including phenoxy) is 1. The first-order chi connectivity index (χ1) is 13.9. The molecule has 0 saturated carbocycles. The van der Waals surface area contributed by atoms with Crippen molar-refractivity contribution in [2.24, 2.45) is 0 Å². The predicted molar refractivity (Wildman–Crippen MR) is 108 cm³/mol. The van der Waals surface area contributed by atoms with Crippen molar-refractivity contribution in [3.05, 3.63) is 77.7 Å². The summed E-state index contributed by atoms with van der Waals surface area (Å²) in [6.45, 7) is 3.67. The molecule has 4 rings (SSSR count). The summed E-state index contributed by atoms with van der Waals surface area (Å²) in [6.07, 6.45) is -0.657. The van der Waals surface area contributed by atoms with Gasteiger partial charge in [-0.05, 0) is 67.9 Å². The largest absolute Gasteiger partial charge is 0.481 e. The average molecular weight is 389 g/mol. The van der Waals surface area contributed by atoms with Crippen LogP contribution in [0.1, 0.15) is 17.0 Å². The molecule has 2 heterocycles. The topological polar surface area (TPSA) is 81.7 Å². The van der Waals surface area contributed by atoms with E-state index < -0.39 is 12.1 Å². The molecule has 6 nitrogen and oxygen atoms in total. The van der Waals surface area contributed by atoms with Gasteiger partial charge >= 0.3 is 12.1 Å². The summed E-state index contributed by atoms with van der Waals surface area (Å²) in [7, 11) is 0. The summed E-state index contributed by atoms with van der Waals surface area (Å²) in [5.41, 5.74) is 2.83. The number of rotatable bonds is 4. The van der Waals surface area contributed by atoms with Gasteiger partial charge in [-0.1, -0.05) is 12.1 Å². The molecule has 0 saturated heterocycles. The molecule has 0 aliphatic rings. The SMILES string of the molecule is Cc1ccc(-c2ccc(OC(=O)n3c(C)cc4c(CC(=O)O)cccc43)cc2)o1. The molecular formula is C23H19NO5. The number of fused-ring (bicyclic) bond motifs is 1. The second-order valence-electron chi connectivity index (χ2n) is 6.84. The third-order valence-electron chi connectivity index (χ3n) is 4.73. The van der Waals surface area contributed by atoms with Crippen molar-refractivity contribution in [1.82, 2.24) is 4.57 Å². The maximum absolute atomic E-state index is 12.8. The molecule has 0 amide bonds. The van der Waals surface area contributed by atoms with Crippen LogP contribution in [0.25, 0.3) is 22.2 Å². The van der Waals surface area contributed by atoms with Crippen LogP contribution in [0.5, 0.6) is 5.75 Å². The third-order valence-corrected chi connectivity index (χ3v) is 4.73. The highest BCUT2D eigenvalue weighted by Crippen LogP contribution is 2.27. The number of carbonyl (C=O) groups is 2. The lowest BCUT2D eigenvalue weighted by Gasteiger charge is -2.09. The van der Waals surface area contributed by atoms with Crippen LogP contribution in [-0.2, 0) is 11.2 Å². The second kappa shape index (κ2) is 7.31. The van der Waals surface area contributed by atoms with Crippen molar-refractivity contribution in [3.63, 3.8) is 0 Å². The second-order valence-corrected chi connectivity index (χ2v) is 6.84. The number of furan rings is 1. The molecule has 29 heavy (non-hydrogen) atoms. The number of hydrogen-bond donors (Lipinski definition) is 1. The first-order valence-corrected chi connectivity index (χ1v) is 9.13. The molecule has 1 N–H and O–H groups in total. The van der Waals surface area contributed by atoms with Gasteiger partial charge in [0.05, 0.1) is 11.9 Å². The van der Waals surface area contributed by atoms with Gasteiger partial charge in [-0.15, -0.1) is 0 Å². The summed E-state index contributed by atoms with van der Waals surface area (Å²) < 4.78 is 12.6. The number of carboxylic acid groups (broad SMARTS) is 1. The van der Waals surface area contributed by atoms with Crippen molar-refractivity contribution in [2.75, 3.05) is 0 Å². The zero-order valence-electron chi connectivity index (χ0n) is 16.0. The Bertz CT molecular complexity index is 1210. The molecule has 0 bridgehead atoms. The Balaban J connectivity index is 1.61. The van der Waals surface area contributed by atoms with Crippen LogP contribution in [0.15, 0.2) is 65.1 Å². The quantitative estimate of drug-likeness (QED) is 0.519. The van der Waals surface area contributed by atoms with Gasteiger partial charge in [0.1, 0.15) is 17.3 Å². The van der Waals surface area contributed by atoms with Crippen molar-refractivity contribution >= 4 is 23.0 Å². The first-order valence-electron chi connectivity index (χ1n) is 9.13. The number of nitrogens with zero attached hydrogens (tertiary/aromatic N) is 1. The van der Waals surface area contributed by atoms with Gasteiger partial charge in [0.15, 0.2) is 0 Å². The number of aliphatic carboxylic acids is 1. The summed E-state index contributed by atoms with van der Waals surface area (Å²) >= 11 is 0. The normalized spacial score (nSPS) is 11.0. The first kappa shape index (κ1) is 18.6. The Hall–Kier alpha value is -3.80. The van der Waals surface area contributed by atoms with Crippen LogP contribution >= 0.6 is 0 Å². The van der Waals surface area contributed by atoms with E-state index >= 15 is 0 Å². The van der Waals surface area contributed by atoms with E-state index in [1.165, 1.54) is 4.57 Å². The van der Waals surface area contributed by atoms with Gasteiger partial charge in [-0.2, -0.15) is 0 Å². The summed E-state index contributed by atoms with van der Waals surface area (Å²) in [6, 6.07) is 17.9. The van der Waals surface area contributed by atoms with Crippen LogP contribution < -0.4 is 4.74 Å². The zero-order chi connectivity index (χ0) is 20.5. The van der Waals surface area contributed by atoms with E-state index in [9.17, 15) is 9.59 Å². The van der Waals surface area contributed by atoms with E-state index in [4.69, 9.17) is 14.3 Å². The molecular weight excluding hydrogens is 370 g/mol. The highest BCUT2D eigenvalue weighted by atomic mass is 16.6. The zero-order valence-corrected chi connectivity index (χ0v) is 16.0. The lowest BCUT2D eigenvalue weighted by molar-refractivity contribution is -0.136. The number of carboxylic acids is 1. The van der Waals surface area contributed by atoms with Crippen LogP contribution in [-0.4, -0.2) is 21.7 Å². The van der Waals surface area contributed by atoms with E-state index in [0.717, 1.165) is 22.5 Å². The van der Waals surface area contributed by atoms with Gasteiger partial charge in [0.2, 0.25) is 0 Å². The lowest BCUT2D eigenvalue weighted by atomic mass is 10.1. The third kappa shape index (κ3) is 3.65. The van der Waals surface area contributed by atoms with E-state index in [0.29, 0.717) is 22.5 Å². The number of benzene rings is 2. The Labute approximate surface area is 166 Å². The standard InChI is InChI=1S/C23H19NO5/c1-14-12-19-17(13-22(25)26)4-3-5-20(19)24(14)23(27)29-18-9-7-16(8-10-18)21-11-6-15(2)28-21/h3-12H,13H2,1-2H3,(H,25,26). The van der Waals surface area contributed by atoms with Crippen LogP contribution in [0, 0.1) is 13.8 Å². The minimum atomic E-state index is -0.919. The van der Waals surface area contributed by atoms with Gasteiger partial charge in [-0.3, -0.25) is 4.79 Å². The molecule has 0 aliphatic heterocycles. The van der Waals surface area contributed by atoms with Crippen molar-refractivity contribution in [3.8, 4) is 17.1 Å².